The summed E-state index contributed by atoms with van der Waals surface area (Å²) in [4.78, 5) is 10.5. The molecule has 0 spiro atoms. The van der Waals surface area contributed by atoms with Crippen LogP contribution in [0.3, 0.4) is 0 Å². The Bertz CT molecular complexity index is 327. The Balaban J connectivity index is 2.65. The average Bonchev–Trinajstić information content (AvgIpc) is 2.58. The third-order valence-corrected chi connectivity index (χ3v) is 1.93. The Morgan fingerprint density at radius 3 is 2.80 bits per heavy atom. The fourth-order valence-electron chi connectivity index (χ4n) is 1.12. The maximum Gasteiger partial charge on any atom is 0.193 e. The van der Waals surface area contributed by atoms with E-state index < -0.39 is 0 Å². The van der Waals surface area contributed by atoms with E-state index in [4.69, 9.17) is 0 Å². The summed E-state index contributed by atoms with van der Waals surface area (Å²) in [5, 5.41) is 7.17. The van der Waals surface area contributed by atoms with Gasteiger partial charge in [-0.15, -0.1) is 0 Å². The van der Waals surface area contributed by atoms with Crippen molar-refractivity contribution in [3.8, 4) is 0 Å². The van der Waals surface area contributed by atoms with Gasteiger partial charge in [-0.25, -0.2) is 9.98 Å². The monoisotopic (exact) mass is 210 g/mol. The lowest BCUT2D eigenvalue weighted by molar-refractivity contribution is 0.580. The van der Waals surface area contributed by atoms with E-state index in [-0.39, 0.29) is 0 Å². The predicted molar refractivity (Wildman–Crippen MR) is 59.5 cm³/mol. The van der Waals surface area contributed by atoms with E-state index in [1.807, 2.05) is 33.0 Å². The fourth-order valence-corrected chi connectivity index (χ4v) is 1.12. The molecule has 0 unspecified atom stereocenters. The molecule has 0 fully saturated rings. The molecular weight excluding hydrogens is 192 g/mol. The normalized spacial score (nSPS) is 11.6. The van der Waals surface area contributed by atoms with Crippen molar-refractivity contribution in [2.45, 2.75) is 13.5 Å². The van der Waals surface area contributed by atoms with Gasteiger partial charge in [-0.1, -0.05) is 0 Å². The standard InChI is InChI=1S/C9H18N6/c1-5-10-9(14(2)3)11-6-8-12-7-13-15(8)4/h7H,5-6H2,1-4H3,(H,10,11). The number of guanidine groups is 1. The highest BCUT2D eigenvalue weighted by atomic mass is 15.3. The number of aromatic nitrogens is 3. The van der Waals surface area contributed by atoms with Gasteiger partial charge in [0.15, 0.2) is 5.96 Å². The second-order valence-corrected chi connectivity index (χ2v) is 3.36. The summed E-state index contributed by atoms with van der Waals surface area (Å²) in [6, 6.07) is 0. The minimum atomic E-state index is 0.539. The summed E-state index contributed by atoms with van der Waals surface area (Å²) in [7, 11) is 5.77. The summed E-state index contributed by atoms with van der Waals surface area (Å²) in [6.45, 7) is 3.44. The van der Waals surface area contributed by atoms with Crippen molar-refractivity contribution in [2.75, 3.05) is 20.6 Å². The molecule has 0 aliphatic carbocycles. The number of rotatable bonds is 3. The van der Waals surface area contributed by atoms with Crippen LogP contribution >= 0.6 is 0 Å². The van der Waals surface area contributed by atoms with Crippen LogP contribution in [-0.4, -0.2) is 46.3 Å². The summed E-state index contributed by atoms with van der Waals surface area (Å²) >= 11 is 0. The van der Waals surface area contributed by atoms with E-state index in [0.29, 0.717) is 6.54 Å². The fraction of sp³-hybridized carbons (Fsp3) is 0.667. The molecule has 0 radical (unpaired) electrons. The van der Waals surface area contributed by atoms with Gasteiger partial charge in [0.25, 0.3) is 0 Å². The number of nitrogens with one attached hydrogen (secondary N) is 1. The molecule has 0 aliphatic rings. The minimum Gasteiger partial charge on any atom is -0.357 e. The van der Waals surface area contributed by atoms with E-state index in [9.17, 15) is 0 Å². The topological polar surface area (TPSA) is 58.3 Å². The van der Waals surface area contributed by atoms with Crippen LogP contribution in [0, 0.1) is 0 Å². The van der Waals surface area contributed by atoms with Crippen LogP contribution in [0.1, 0.15) is 12.7 Å². The van der Waals surface area contributed by atoms with Gasteiger partial charge >= 0.3 is 0 Å². The van der Waals surface area contributed by atoms with Crippen LogP contribution in [-0.2, 0) is 13.6 Å². The van der Waals surface area contributed by atoms with Gasteiger partial charge < -0.3 is 10.2 Å². The van der Waals surface area contributed by atoms with Crippen molar-refractivity contribution in [3.05, 3.63) is 12.2 Å². The Morgan fingerprint density at radius 2 is 2.33 bits per heavy atom. The molecule has 1 aromatic heterocycles. The highest BCUT2D eigenvalue weighted by Gasteiger charge is 2.02. The van der Waals surface area contributed by atoms with Gasteiger partial charge in [0.1, 0.15) is 18.7 Å². The third-order valence-electron chi connectivity index (χ3n) is 1.93. The highest BCUT2D eigenvalue weighted by Crippen LogP contribution is 1.94. The van der Waals surface area contributed by atoms with Crippen molar-refractivity contribution in [3.63, 3.8) is 0 Å². The molecule has 0 saturated heterocycles. The predicted octanol–water partition coefficient (Wildman–Crippen LogP) is -0.158. The van der Waals surface area contributed by atoms with Crippen molar-refractivity contribution in [1.82, 2.24) is 25.0 Å². The van der Waals surface area contributed by atoms with Gasteiger partial charge in [0.05, 0.1) is 0 Å². The van der Waals surface area contributed by atoms with Crippen LogP contribution in [0.5, 0.6) is 0 Å². The van der Waals surface area contributed by atoms with Crippen LogP contribution in [0.2, 0.25) is 0 Å². The second kappa shape index (κ2) is 5.33. The zero-order valence-electron chi connectivity index (χ0n) is 9.73. The molecule has 6 nitrogen and oxygen atoms in total. The zero-order chi connectivity index (χ0) is 11.3. The largest absolute Gasteiger partial charge is 0.357 e. The van der Waals surface area contributed by atoms with Crippen LogP contribution in [0.25, 0.3) is 0 Å². The van der Waals surface area contributed by atoms with Crippen LogP contribution in [0.4, 0.5) is 0 Å². The number of aliphatic imine (C=N–C) groups is 1. The first-order chi connectivity index (χ1) is 7.15. The van der Waals surface area contributed by atoms with Gasteiger partial charge in [0, 0.05) is 27.7 Å². The molecule has 15 heavy (non-hydrogen) atoms. The first-order valence-electron chi connectivity index (χ1n) is 4.93. The van der Waals surface area contributed by atoms with Gasteiger partial charge in [-0.05, 0) is 6.92 Å². The molecule has 0 aromatic carbocycles. The molecule has 84 valence electrons. The van der Waals surface area contributed by atoms with Crippen molar-refractivity contribution in [2.24, 2.45) is 12.0 Å². The zero-order valence-corrected chi connectivity index (χ0v) is 9.73. The smallest absolute Gasteiger partial charge is 0.193 e. The van der Waals surface area contributed by atoms with E-state index >= 15 is 0 Å². The van der Waals surface area contributed by atoms with E-state index in [0.717, 1.165) is 18.3 Å². The average molecular weight is 210 g/mol. The molecule has 1 aromatic rings. The van der Waals surface area contributed by atoms with E-state index in [1.54, 1.807) is 4.68 Å². The number of aryl methyl sites for hydroxylation is 1. The lowest BCUT2D eigenvalue weighted by atomic mass is 10.6. The van der Waals surface area contributed by atoms with Gasteiger partial charge in [0.2, 0.25) is 0 Å². The van der Waals surface area contributed by atoms with E-state index in [1.165, 1.54) is 6.33 Å². The Hall–Kier alpha value is -1.59. The minimum absolute atomic E-state index is 0.539. The Labute approximate surface area is 90.0 Å². The van der Waals surface area contributed by atoms with Gasteiger partial charge in [-0.3, -0.25) is 4.68 Å². The molecule has 1 rings (SSSR count). The lowest BCUT2D eigenvalue weighted by Crippen LogP contribution is -2.36. The molecule has 1 heterocycles. The molecule has 6 heteroatoms. The Kier molecular flexibility index (Phi) is 4.08. The maximum atomic E-state index is 4.42. The van der Waals surface area contributed by atoms with Crippen molar-refractivity contribution >= 4 is 5.96 Å². The summed E-state index contributed by atoms with van der Waals surface area (Å²) < 4.78 is 1.72. The number of hydrogen-bond acceptors (Lipinski definition) is 3. The quantitative estimate of drug-likeness (QED) is 0.556. The van der Waals surface area contributed by atoms with E-state index in [2.05, 4.69) is 20.4 Å². The second-order valence-electron chi connectivity index (χ2n) is 3.36. The first kappa shape index (κ1) is 11.5. The molecular formula is C9H18N6. The van der Waals surface area contributed by atoms with Crippen LogP contribution < -0.4 is 5.32 Å². The molecule has 1 N–H and O–H groups in total. The molecule has 0 aliphatic heterocycles. The third kappa shape index (κ3) is 3.23. The molecule has 0 amide bonds. The summed E-state index contributed by atoms with van der Waals surface area (Å²) in [5.41, 5.74) is 0. The Morgan fingerprint density at radius 1 is 1.60 bits per heavy atom. The molecule has 0 saturated carbocycles. The molecule has 0 bridgehead atoms. The molecule has 0 atom stereocenters. The SMILES string of the molecule is CCNC(=NCc1ncnn1C)N(C)C. The summed E-state index contributed by atoms with van der Waals surface area (Å²) in [5.74, 6) is 1.72. The van der Waals surface area contributed by atoms with Crippen LogP contribution in [0.15, 0.2) is 11.3 Å². The number of nitrogens with zero attached hydrogens (tertiary/aromatic N) is 5. The van der Waals surface area contributed by atoms with Gasteiger partial charge in [-0.2, -0.15) is 5.10 Å². The maximum absolute atomic E-state index is 4.42. The first-order valence-corrected chi connectivity index (χ1v) is 4.93. The summed E-state index contributed by atoms with van der Waals surface area (Å²) in [6.07, 6.45) is 1.54. The van der Waals surface area contributed by atoms with Crippen molar-refractivity contribution < 1.29 is 0 Å². The van der Waals surface area contributed by atoms with Crippen molar-refractivity contribution in [1.29, 1.82) is 0 Å². The number of hydrogen-bond donors (Lipinski definition) is 1. The lowest BCUT2D eigenvalue weighted by Gasteiger charge is -2.16. The highest BCUT2D eigenvalue weighted by molar-refractivity contribution is 5.79.